The largest absolute Gasteiger partial charge is 0.336 e. The number of piperidine rings is 1. The number of amides is 1. The van der Waals surface area contributed by atoms with Crippen molar-refractivity contribution in [1.29, 1.82) is 0 Å². The Labute approximate surface area is 157 Å². The number of hydrogen-bond acceptors (Lipinski definition) is 3. The maximum atomic E-state index is 12.8. The number of rotatable bonds is 5. The fourth-order valence-corrected chi connectivity index (χ4v) is 5.51. The van der Waals surface area contributed by atoms with Gasteiger partial charge in [0.2, 0.25) is 15.9 Å². The molecule has 2 saturated heterocycles. The summed E-state index contributed by atoms with van der Waals surface area (Å²) in [6.45, 7) is 5.99. The first-order valence-electron chi connectivity index (χ1n) is 9.75. The van der Waals surface area contributed by atoms with Crippen LogP contribution in [0.15, 0.2) is 24.3 Å². The van der Waals surface area contributed by atoms with Crippen LogP contribution in [0.5, 0.6) is 0 Å². The first kappa shape index (κ1) is 19.4. The minimum absolute atomic E-state index is 0.0738. The fraction of sp³-hybridized carbons (Fsp3) is 0.650. The molecule has 0 spiro atoms. The SMILES string of the molecule is CC(C)c1ccc(C2CCCCN2C(=O)CCN2CCCS2(=O)=O)cc1. The number of carbonyl (C=O) groups is 1. The molecule has 5 nitrogen and oxygen atoms in total. The lowest BCUT2D eigenvalue weighted by Gasteiger charge is -2.36. The Hall–Kier alpha value is -1.40. The van der Waals surface area contributed by atoms with E-state index in [9.17, 15) is 13.2 Å². The average Bonchev–Trinajstić information content (AvgIpc) is 2.98. The van der Waals surface area contributed by atoms with Crippen LogP contribution in [0, 0.1) is 0 Å². The highest BCUT2D eigenvalue weighted by Gasteiger charge is 2.31. The molecule has 6 heteroatoms. The van der Waals surface area contributed by atoms with Crippen molar-refractivity contribution in [2.75, 3.05) is 25.4 Å². The lowest BCUT2D eigenvalue weighted by atomic mass is 9.92. The summed E-state index contributed by atoms with van der Waals surface area (Å²) in [4.78, 5) is 14.8. The van der Waals surface area contributed by atoms with Crippen LogP contribution < -0.4 is 0 Å². The van der Waals surface area contributed by atoms with Crippen molar-refractivity contribution < 1.29 is 13.2 Å². The molecule has 3 rings (SSSR count). The third kappa shape index (κ3) is 4.29. The van der Waals surface area contributed by atoms with Gasteiger partial charge in [-0.3, -0.25) is 4.79 Å². The monoisotopic (exact) mass is 378 g/mol. The van der Waals surface area contributed by atoms with Gasteiger partial charge in [0.25, 0.3) is 0 Å². The second kappa shape index (κ2) is 8.09. The van der Waals surface area contributed by atoms with E-state index in [0.717, 1.165) is 25.8 Å². The molecular formula is C20H30N2O3S. The Balaban J connectivity index is 1.67. The molecule has 2 aliphatic rings. The van der Waals surface area contributed by atoms with E-state index in [1.165, 1.54) is 15.4 Å². The van der Waals surface area contributed by atoms with Gasteiger partial charge in [-0.15, -0.1) is 0 Å². The van der Waals surface area contributed by atoms with Gasteiger partial charge in [0, 0.05) is 26.1 Å². The molecule has 2 fully saturated rings. The Kier molecular flexibility index (Phi) is 6.03. The molecule has 1 aromatic rings. The maximum Gasteiger partial charge on any atom is 0.224 e. The molecule has 0 bridgehead atoms. The number of benzene rings is 1. The molecule has 1 amide bonds. The summed E-state index contributed by atoms with van der Waals surface area (Å²) in [7, 11) is -3.13. The van der Waals surface area contributed by atoms with Gasteiger partial charge >= 0.3 is 0 Å². The summed E-state index contributed by atoms with van der Waals surface area (Å²) in [5.74, 6) is 0.788. The Morgan fingerprint density at radius 3 is 2.46 bits per heavy atom. The highest BCUT2D eigenvalue weighted by Crippen LogP contribution is 2.32. The van der Waals surface area contributed by atoms with Gasteiger partial charge in [-0.2, -0.15) is 0 Å². The van der Waals surface area contributed by atoms with Gasteiger partial charge in [0.05, 0.1) is 11.8 Å². The molecule has 1 aromatic carbocycles. The molecule has 1 atom stereocenters. The molecule has 1 unspecified atom stereocenters. The molecule has 2 heterocycles. The van der Waals surface area contributed by atoms with Crippen molar-refractivity contribution in [1.82, 2.24) is 9.21 Å². The van der Waals surface area contributed by atoms with Crippen molar-refractivity contribution >= 4 is 15.9 Å². The average molecular weight is 379 g/mol. The van der Waals surface area contributed by atoms with Crippen molar-refractivity contribution in [2.45, 2.75) is 57.9 Å². The van der Waals surface area contributed by atoms with E-state index in [1.807, 2.05) is 4.90 Å². The minimum atomic E-state index is -3.13. The molecule has 0 radical (unpaired) electrons. The van der Waals surface area contributed by atoms with Crippen LogP contribution in [-0.2, 0) is 14.8 Å². The summed E-state index contributed by atoms with van der Waals surface area (Å²) in [6.07, 6.45) is 4.08. The number of sulfonamides is 1. The molecule has 0 saturated carbocycles. The number of hydrogen-bond donors (Lipinski definition) is 0. The van der Waals surface area contributed by atoms with Gasteiger partial charge in [-0.1, -0.05) is 38.1 Å². The van der Waals surface area contributed by atoms with Crippen molar-refractivity contribution in [3.05, 3.63) is 35.4 Å². The lowest BCUT2D eigenvalue weighted by Crippen LogP contribution is -2.40. The van der Waals surface area contributed by atoms with Gasteiger partial charge in [-0.25, -0.2) is 12.7 Å². The third-order valence-corrected chi connectivity index (χ3v) is 7.55. The van der Waals surface area contributed by atoms with Crippen LogP contribution in [0.1, 0.15) is 69.0 Å². The number of carbonyl (C=O) groups excluding carboxylic acids is 1. The van der Waals surface area contributed by atoms with Crippen molar-refractivity contribution in [3.63, 3.8) is 0 Å². The maximum absolute atomic E-state index is 12.8. The van der Waals surface area contributed by atoms with Gasteiger partial charge < -0.3 is 4.90 Å². The lowest BCUT2D eigenvalue weighted by molar-refractivity contribution is -0.135. The van der Waals surface area contributed by atoms with Crippen molar-refractivity contribution in [2.24, 2.45) is 0 Å². The van der Waals surface area contributed by atoms with Crippen LogP contribution in [-0.4, -0.2) is 48.9 Å². The van der Waals surface area contributed by atoms with E-state index in [1.54, 1.807) is 0 Å². The normalized spacial score (nSPS) is 23.5. The predicted molar refractivity (Wildman–Crippen MR) is 103 cm³/mol. The molecular weight excluding hydrogens is 348 g/mol. The zero-order chi connectivity index (χ0) is 18.7. The molecule has 144 valence electrons. The zero-order valence-electron chi connectivity index (χ0n) is 15.9. The standard InChI is InChI=1S/C20H30N2O3S/c1-16(2)17-7-9-18(10-8-17)19-6-3-4-13-22(19)20(23)11-14-21-12-5-15-26(21,24)25/h7-10,16,19H,3-6,11-15H2,1-2H3. The zero-order valence-corrected chi connectivity index (χ0v) is 16.7. The van der Waals surface area contributed by atoms with Crippen LogP contribution in [0.2, 0.25) is 0 Å². The molecule has 26 heavy (non-hydrogen) atoms. The van der Waals surface area contributed by atoms with Gasteiger partial charge in [0.15, 0.2) is 0 Å². The third-order valence-electron chi connectivity index (χ3n) is 5.59. The van der Waals surface area contributed by atoms with Crippen LogP contribution >= 0.6 is 0 Å². The summed E-state index contributed by atoms with van der Waals surface area (Å²) < 4.78 is 25.3. The number of nitrogens with zero attached hydrogens (tertiary/aromatic N) is 2. The highest BCUT2D eigenvalue weighted by molar-refractivity contribution is 7.89. The van der Waals surface area contributed by atoms with Crippen LogP contribution in [0.25, 0.3) is 0 Å². The second-order valence-corrected chi connectivity index (χ2v) is 9.83. The first-order valence-corrected chi connectivity index (χ1v) is 11.4. The minimum Gasteiger partial charge on any atom is -0.336 e. The van der Waals surface area contributed by atoms with E-state index in [0.29, 0.717) is 25.4 Å². The molecule has 0 aromatic heterocycles. The Morgan fingerprint density at radius 2 is 1.85 bits per heavy atom. The molecule has 0 N–H and O–H groups in total. The Morgan fingerprint density at radius 1 is 1.12 bits per heavy atom. The molecule has 2 aliphatic heterocycles. The van der Waals surface area contributed by atoms with Gasteiger partial charge in [0.1, 0.15) is 0 Å². The fourth-order valence-electron chi connectivity index (χ4n) is 3.99. The smallest absolute Gasteiger partial charge is 0.224 e. The first-order chi connectivity index (χ1) is 12.4. The summed E-state index contributed by atoms with van der Waals surface area (Å²) >= 11 is 0. The van der Waals surface area contributed by atoms with E-state index < -0.39 is 10.0 Å². The van der Waals surface area contributed by atoms with E-state index in [-0.39, 0.29) is 24.1 Å². The topological polar surface area (TPSA) is 57.7 Å². The van der Waals surface area contributed by atoms with E-state index in [2.05, 4.69) is 38.1 Å². The van der Waals surface area contributed by atoms with Crippen LogP contribution in [0.4, 0.5) is 0 Å². The van der Waals surface area contributed by atoms with Crippen molar-refractivity contribution in [3.8, 4) is 0 Å². The summed E-state index contributed by atoms with van der Waals surface area (Å²) in [6, 6.07) is 8.74. The van der Waals surface area contributed by atoms with Gasteiger partial charge in [-0.05, 0) is 42.7 Å². The predicted octanol–water partition coefficient (Wildman–Crippen LogP) is 3.29. The van der Waals surface area contributed by atoms with E-state index in [4.69, 9.17) is 0 Å². The summed E-state index contributed by atoms with van der Waals surface area (Å²) in [5, 5.41) is 0. The van der Waals surface area contributed by atoms with Crippen LogP contribution in [0.3, 0.4) is 0 Å². The quantitative estimate of drug-likeness (QED) is 0.790. The number of likely N-dealkylation sites (tertiary alicyclic amines) is 1. The molecule has 0 aliphatic carbocycles. The highest BCUT2D eigenvalue weighted by atomic mass is 32.2. The second-order valence-electron chi connectivity index (χ2n) is 7.74. The summed E-state index contributed by atoms with van der Waals surface area (Å²) in [5.41, 5.74) is 2.50. The Bertz CT molecular complexity index is 728. The van der Waals surface area contributed by atoms with E-state index >= 15 is 0 Å².